The number of carboxylic acids is 1. The van der Waals surface area contributed by atoms with Crippen molar-refractivity contribution in [2.24, 2.45) is 5.92 Å². The van der Waals surface area contributed by atoms with Crippen molar-refractivity contribution in [3.8, 4) is 0 Å². The maximum Gasteiger partial charge on any atom is 0.329 e. The SMILES string of the molecule is CC1CCC(NC(=O)c2cc([N+](=O)[O-])c[nH]2)(C(=O)O)CC1. The van der Waals surface area contributed by atoms with Gasteiger partial charge in [-0.1, -0.05) is 6.92 Å². The van der Waals surface area contributed by atoms with Crippen molar-refractivity contribution < 1.29 is 19.6 Å². The lowest BCUT2D eigenvalue weighted by Gasteiger charge is -2.36. The Balaban J connectivity index is 2.15. The van der Waals surface area contributed by atoms with Crippen LogP contribution in [0.5, 0.6) is 0 Å². The summed E-state index contributed by atoms with van der Waals surface area (Å²) in [5, 5.41) is 22.6. The molecular formula is C13H17N3O5. The Hall–Kier alpha value is -2.38. The number of aromatic amines is 1. The van der Waals surface area contributed by atoms with E-state index in [2.05, 4.69) is 10.3 Å². The fourth-order valence-electron chi connectivity index (χ4n) is 2.55. The van der Waals surface area contributed by atoms with Gasteiger partial charge in [-0.2, -0.15) is 0 Å². The second-order valence-electron chi connectivity index (χ2n) is 5.55. The first-order valence-corrected chi connectivity index (χ1v) is 6.73. The lowest BCUT2D eigenvalue weighted by molar-refractivity contribution is -0.384. The smallest absolute Gasteiger partial charge is 0.329 e. The summed E-state index contributed by atoms with van der Waals surface area (Å²) in [5.41, 5.74) is -1.54. The summed E-state index contributed by atoms with van der Waals surface area (Å²) in [5.74, 6) is -1.27. The maximum atomic E-state index is 12.1. The van der Waals surface area contributed by atoms with Gasteiger partial charge >= 0.3 is 5.97 Å². The van der Waals surface area contributed by atoms with Gasteiger partial charge in [-0.05, 0) is 31.6 Å². The summed E-state index contributed by atoms with van der Waals surface area (Å²) >= 11 is 0. The molecule has 0 bridgehead atoms. The molecular weight excluding hydrogens is 278 g/mol. The number of H-pyrrole nitrogens is 1. The first-order chi connectivity index (χ1) is 9.84. The number of nitro groups is 1. The molecule has 0 aromatic carbocycles. The molecule has 114 valence electrons. The number of hydrogen-bond donors (Lipinski definition) is 3. The van der Waals surface area contributed by atoms with Crippen LogP contribution in [0, 0.1) is 16.0 Å². The van der Waals surface area contributed by atoms with Crippen molar-refractivity contribution in [3.05, 3.63) is 28.1 Å². The number of hydrogen-bond acceptors (Lipinski definition) is 4. The van der Waals surface area contributed by atoms with Gasteiger partial charge in [0.25, 0.3) is 11.6 Å². The molecule has 0 radical (unpaired) electrons. The Labute approximate surface area is 120 Å². The summed E-state index contributed by atoms with van der Waals surface area (Å²) in [6.07, 6.45) is 3.26. The van der Waals surface area contributed by atoms with Crippen molar-refractivity contribution in [1.82, 2.24) is 10.3 Å². The predicted octanol–water partition coefficient (Wildman–Crippen LogP) is 1.69. The predicted molar refractivity (Wildman–Crippen MR) is 72.9 cm³/mol. The number of aromatic nitrogens is 1. The third kappa shape index (κ3) is 3.04. The average Bonchev–Trinajstić information content (AvgIpc) is 2.91. The highest BCUT2D eigenvalue weighted by molar-refractivity contribution is 5.97. The van der Waals surface area contributed by atoms with Crippen molar-refractivity contribution in [3.63, 3.8) is 0 Å². The molecule has 0 unspecified atom stereocenters. The molecule has 1 saturated carbocycles. The van der Waals surface area contributed by atoms with Gasteiger partial charge in [-0.25, -0.2) is 4.79 Å². The molecule has 3 N–H and O–H groups in total. The average molecular weight is 295 g/mol. The molecule has 1 aliphatic carbocycles. The van der Waals surface area contributed by atoms with E-state index in [0.29, 0.717) is 18.8 Å². The van der Waals surface area contributed by atoms with Crippen molar-refractivity contribution in [2.75, 3.05) is 0 Å². The number of nitrogens with one attached hydrogen (secondary N) is 2. The number of amides is 1. The number of nitrogens with zero attached hydrogens (tertiary/aromatic N) is 1. The number of aliphatic carboxylic acids is 1. The standard InChI is InChI=1S/C13H17N3O5/c1-8-2-4-13(5-3-8,12(18)19)15-11(17)10-6-9(7-14-10)16(20)21/h6-8,14H,2-5H2,1H3,(H,15,17)(H,18,19). The van der Waals surface area contributed by atoms with Crippen LogP contribution >= 0.6 is 0 Å². The van der Waals surface area contributed by atoms with E-state index < -0.39 is 22.3 Å². The minimum Gasteiger partial charge on any atom is -0.480 e. The molecule has 1 fully saturated rings. The van der Waals surface area contributed by atoms with E-state index >= 15 is 0 Å². The van der Waals surface area contributed by atoms with Crippen molar-refractivity contribution in [1.29, 1.82) is 0 Å². The normalized spacial score (nSPS) is 25.3. The molecule has 1 amide bonds. The van der Waals surface area contributed by atoms with Crippen LogP contribution in [0.25, 0.3) is 0 Å². The van der Waals surface area contributed by atoms with Crippen LogP contribution in [0.4, 0.5) is 5.69 Å². The monoisotopic (exact) mass is 295 g/mol. The minimum atomic E-state index is -1.29. The van der Waals surface area contributed by atoms with Crippen LogP contribution in [-0.2, 0) is 4.79 Å². The summed E-state index contributed by atoms with van der Waals surface area (Å²) in [4.78, 5) is 36.1. The lowest BCUT2D eigenvalue weighted by Crippen LogP contribution is -2.56. The largest absolute Gasteiger partial charge is 0.480 e. The quantitative estimate of drug-likeness (QED) is 0.575. The molecule has 1 aromatic rings. The van der Waals surface area contributed by atoms with Crippen LogP contribution in [0.3, 0.4) is 0 Å². The molecule has 1 heterocycles. The first kappa shape index (κ1) is 15.0. The van der Waals surface area contributed by atoms with Gasteiger partial charge in [0, 0.05) is 6.07 Å². The van der Waals surface area contributed by atoms with Gasteiger partial charge in [0.05, 0.1) is 11.1 Å². The van der Waals surface area contributed by atoms with E-state index in [4.69, 9.17) is 0 Å². The van der Waals surface area contributed by atoms with Gasteiger partial charge in [-0.3, -0.25) is 14.9 Å². The van der Waals surface area contributed by atoms with E-state index in [-0.39, 0.29) is 11.4 Å². The molecule has 0 saturated heterocycles. The molecule has 8 heteroatoms. The molecule has 0 spiro atoms. The molecule has 8 nitrogen and oxygen atoms in total. The Kier molecular flexibility index (Phi) is 3.97. The highest BCUT2D eigenvalue weighted by Crippen LogP contribution is 2.32. The maximum absolute atomic E-state index is 12.1. The third-order valence-electron chi connectivity index (χ3n) is 4.01. The summed E-state index contributed by atoms with van der Waals surface area (Å²) in [6.45, 7) is 2.04. The summed E-state index contributed by atoms with van der Waals surface area (Å²) < 4.78 is 0. The van der Waals surface area contributed by atoms with E-state index in [1.807, 2.05) is 6.92 Å². The zero-order chi connectivity index (χ0) is 15.6. The van der Waals surface area contributed by atoms with Crippen LogP contribution < -0.4 is 5.32 Å². The Bertz CT molecular complexity index is 572. The van der Waals surface area contributed by atoms with Crippen LogP contribution in [0.1, 0.15) is 43.1 Å². The Morgan fingerprint density at radius 3 is 2.57 bits per heavy atom. The second kappa shape index (κ2) is 5.55. The Morgan fingerprint density at radius 2 is 2.10 bits per heavy atom. The van der Waals surface area contributed by atoms with Crippen LogP contribution in [0.2, 0.25) is 0 Å². The third-order valence-corrected chi connectivity index (χ3v) is 4.01. The van der Waals surface area contributed by atoms with Gasteiger partial charge < -0.3 is 15.4 Å². The van der Waals surface area contributed by atoms with Gasteiger partial charge in [0.2, 0.25) is 0 Å². The first-order valence-electron chi connectivity index (χ1n) is 6.73. The Morgan fingerprint density at radius 1 is 1.48 bits per heavy atom. The fraction of sp³-hybridized carbons (Fsp3) is 0.538. The molecule has 21 heavy (non-hydrogen) atoms. The molecule has 0 atom stereocenters. The molecule has 1 aliphatic rings. The van der Waals surface area contributed by atoms with E-state index in [0.717, 1.165) is 25.1 Å². The van der Waals surface area contributed by atoms with E-state index in [1.54, 1.807) is 0 Å². The number of carbonyl (C=O) groups excluding carboxylic acids is 1. The second-order valence-corrected chi connectivity index (χ2v) is 5.55. The summed E-state index contributed by atoms with van der Waals surface area (Å²) in [7, 11) is 0. The highest BCUT2D eigenvalue weighted by Gasteiger charge is 2.42. The topological polar surface area (TPSA) is 125 Å². The van der Waals surface area contributed by atoms with Crippen LogP contribution in [0.15, 0.2) is 12.3 Å². The zero-order valence-corrected chi connectivity index (χ0v) is 11.6. The fourth-order valence-corrected chi connectivity index (χ4v) is 2.55. The van der Waals surface area contributed by atoms with E-state index in [1.165, 1.54) is 0 Å². The van der Waals surface area contributed by atoms with Crippen LogP contribution in [-0.4, -0.2) is 32.4 Å². The van der Waals surface area contributed by atoms with E-state index in [9.17, 15) is 24.8 Å². The number of carbonyl (C=O) groups is 2. The molecule has 0 aliphatic heterocycles. The van der Waals surface area contributed by atoms with Crippen molar-refractivity contribution in [2.45, 2.75) is 38.1 Å². The van der Waals surface area contributed by atoms with Gasteiger partial charge in [-0.15, -0.1) is 0 Å². The highest BCUT2D eigenvalue weighted by atomic mass is 16.6. The molecule has 1 aromatic heterocycles. The number of rotatable bonds is 4. The zero-order valence-electron chi connectivity index (χ0n) is 11.6. The minimum absolute atomic E-state index is 0.0130. The van der Waals surface area contributed by atoms with Crippen molar-refractivity contribution >= 4 is 17.6 Å². The van der Waals surface area contributed by atoms with Gasteiger partial charge in [0.1, 0.15) is 11.2 Å². The van der Waals surface area contributed by atoms with Gasteiger partial charge in [0.15, 0.2) is 0 Å². The summed E-state index contributed by atoms with van der Waals surface area (Å²) in [6, 6.07) is 1.09. The lowest BCUT2D eigenvalue weighted by atomic mass is 9.77. The molecule has 2 rings (SSSR count). The number of carboxylic acid groups (broad SMARTS) is 1.